The molecule has 1 aliphatic heterocycles. The van der Waals surface area contributed by atoms with Crippen LogP contribution in [0.15, 0.2) is 0 Å². The zero-order chi connectivity index (χ0) is 10.3. The summed E-state index contributed by atoms with van der Waals surface area (Å²) in [6, 6.07) is 0. The Balaban J connectivity index is 0.000000720. The molecule has 0 radical (unpaired) electrons. The SMILES string of the molecule is C1[C@@H]2[C@H]1[C@@H]1C3C4[C@@H]5[C@@H]6C[C@@H]6[C@H]4C4(CNCC514)[C@H]32.Cl. The van der Waals surface area contributed by atoms with Crippen molar-refractivity contribution >= 4 is 12.4 Å². The van der Waals surface area contributed by atoms with E-state index in [9.17, 15) is 0 Å². The number of hydrogen-bond donors (Lipinski definition) is 1. The summed E-state index contributed by atoms with van der Waals surface area (Å²) in [7, 11) is 0. The predicted octanol–water partition coefficient (Wildman–Crippen LogP) is 2.02. The quantitative estimate of drug-likeness (QED) is 0.704. The maximum absolute atomic E-state index is 3.90. The highest BCUT2D eigenvalue weighted by molar-refractivity contribution is 5.85. The summed E-state index contributed by atoms with van der Waals surface area (Å²) in [5, 5.41) is 3.90. The van der Waals surface area contributed by atoms with Gasteiger partial charge in [0, 0.05) is 13.1 Å². The maximum atomic E-state index is 3.90. The monoisotopic (exact) mass is 261 g/mol. The molecule has 8 bridgehead atoms. The van der Waals surface area contributed by atoms with Crippen LogP contribution in [0.2, 0.25) is 0 Å². The Kier molecular flexibility index (Phi) is 1.05. The lowest BCUT2D eigenvalue weighted by molar-refractivity contribution is -0.0384. The second-order valence-corrected chi connectivity index (χ2v) is 9.07. The second kappa shape index (κ2) is 2.04. The molecule has 4 unspecified atom stereocenters. The first-order valence-electron chi connectivity index (χ1n) is 8.12. The highest BCUT2D eigenvalue weighted by Gasteiger charge is 2.99. The van der Waals surface area contributed by atoms with E-state index in [4.69, 9.17) is 0 Å². The normalized spacial score (nSPS) is 88.0. The molecule has 0 amide bonds. The van der Waals surface area contributed by atoms with Crippen molar-refractivity contribution in [2.24, 2.45) is 70.0 Å². The molecular formula is C16H20ClN. The number of fused-ring (bicyclic) bond motifs is 2. The Bertz CT molecular complexity index is 451. The molecule has 1 heterocycles. The van der Waals surface area contributed by atoms with E-state index in [1.54, 1.807) is 12.8 Å². The van der Waals surface area contributed by atoms with Crippen LogP contribution in [-0.2, 0) is 0 Å². The average molecular weight is 262 g/mol. The summed E-state index contributed by atoms with van der Waals surface area (Å²) < 4.78 is 0. The van der Waals surface area contributed by atoms with Gasteiger partial charge in [-0.2, -0.15) is 0 Å². The zero-order valence-corrected chi connectivity index (χ0v) is 11.3. The zero-order valence-electron chi connectivity index (χ0n) is 10.5. The Morgan fingerprint density at radius 2 is 1.06 bits per heavy atom. The topological polar surface area (TPSA) is 12.0 Å². The Hall–Kier alpha value is 0.250. The smallest absolute Gasteiger partial charge is 0.00198 e. The van der Waals surface area contributed by atoms with Crippen LogP contribution in [-0.4, -0.2) is 13.1 Å². The van der Waals surface area contributed by atoms with Crippen LogP contribution in [0, 0.1) is 70.0 Å². The van der Waals surface area contributed by atoms with E-state index in [1.807, 2.05) is 0 Å². The average Bonchev–Trinajstić information content (AvgIpc) is 2.98. The molecule has 9 fully saturated rings. The molecular weight excluding hydrogens is 242 g/mol. The van der Waals surface area contributed by atoms with Crippen LogP contribution in [0.3, 0.4) is 0 Å². The van der Waals surface area contributed by atoms with Crippen molar-refractivity contribution in [2.45, 2.75) is 12.8 Å². The summed E-state index contributed by atoms with van der Waals surface area (Å²) in [4.78, 5) is 0. The van der Waals surface area contributed by atoms with Gasteiger partial charge in [0.25, 0.3) is 0 Å². The van der Waals surface area contributed by atoms with Crippen molar-refractivity contribution in [3.8, 4) is 0 Å². The van der Waals surface area contributed by atoms with Crippen molar-refractivity contribution in [2.75, 3.05) is 13.1 Å². The van der Waals surface area contributed by atoms with Crippen molar-refractivity contribution in [3.05, 3.63) is 0 Å². The van der Waals surface area contributed by atoms with Crippen LogP contribution >= 0.6 is 12.4 Å². The predicted molar refractivity (Wildman–Crippen MR) is 69.1 cm³/mol. The molecule has 1 nitrogen and oxygen atoms in total. The van der Waals surface area contributed by atoms with Crippen molar-refractivity contribution in [1.82, 2.24) is 5.32 Å². The minimum Gasteiger partial charge on any atom is -0.316 e. The van der Waals surface area contributed by atoms with E-state index in [-0.39, 0.29) is 12.4 Å². The number of halogens is 1. The molecule has 8 saturated carbocycles. The van der Waals surface area contributed by atoms with Gasteiger partial charge in [-0.1, -0.05) is 0 Å². The third kappa shape index (κ3) is 0.474. The number of nitrogens with one attached hydrogen (secondary N) is 1. The minimum absolute atomic E-state index is 0. The van der Waals surface area contributed by atoms with E-state index in [1.165, 1.54) is 72.3 Å². The van der Waals surface area contributed by atoms with Gasteiger partial charge in [-0.25, -0.2) is 0 Å². The van der Waals surface area contributed by atoms with Gasteiger partial charge in [0.05, 0.1) is 0 Å². The Morgan fingerprint density at radius 1 is 0.667 bits per heavy atom. The molecule has 2 spiro atoms. The van der Waals surface area contributed by atoms with E-state index >= 15 is 0 Å². The summed E-state index contributed by atoms with van der Waals surface area (Å²) >= 11 is 0. The highest BCUT2D eigenvalue weighted by Crippen LogP contribution is 3.01. The summed E-state index contributed by atoms with van der Waals surface area (Å²) in [6.45, 7) is 2.91. The summed E-state index contributed by atoms with van der Waals surface area (Å²) in [6.07, 6.45) is 3.33. The van der Waals surface area contributed by atoms with Crippen LogP contribution in [0.5, 0.6) is 0 Å². The molecule has 2 heteroatoms. The van der Waals surface area contributed by atoms with Gasteiger partial charge in [-0.05, 0) is 82.9 Å². The molecule has 0 aromatic heterocycles. The maximum Gasteiger partial charge on any atom is 0.00198 e. The summed E-state index contributed by atoms with van der Waals surface area (Å²) in [5.74, 6) is 12.4. The molecule has 18 heavy (non-hydrogen) atoms. The van der Waals surface area contributed by atoms with Gasteiger partial charge in [-0.3, -0.25) is 0 Å². The van der Waals surface area contributed by atoms with Gasteiger partial charge < -0.3 is 5.32 Å². The second-order valence-electron chi connectivity index (χ2n) is 9.07. The first-order chi connectivity index (χ1) is 8.41. The molecule has 0 aromatic carbocycles. The van der Waals surface area contributed by atoms with Gasteiger partial charge in [0.15, 0.2) is 0 Å². The first kappa shape index (κ1) is 9.23. The Labute approximate surface area is 114 Å². The van der Waals surface area contributed by atoms with E-state index in [0.29, 0.717) is 0 Å². The van der Waals surface area contributed by atoms with Crippen LogP contribution < -0.4 is 5.32 Å². The standard InChI is InChI=1S/C16H19N.ClH/c1-5-6(1)12-9-10-13-7-2-8(7)14(10)16(12)4-17-3-15(13,16)11(5)9;/h5-14,17H,1-4H2;1H/t5-,6+,7+,8-,9?,10?,11+,12-,13-,14+,15?,16?;. The third-order valence-corrected chi connectivity index (χ3v) is 9.81. The molecule has 8 aliphatic carbocycles. The van der Waals surface area contributed by atoms with Crippen LogP contribution in [0.4, 0.5) is 0 Å². The first-order valence-corrected chi connectivity index (χ1v) is 8.12. The van der Waals surface area contributed by atoms with E-state index < -0.39 is 0 Å². The number of rotatable bonds is 0. The van der Waals surface area contributed by atoms with Crippen molar-refractivity contribution in [3.63, 3.8) is 0 Å². The molecule has 96 valence electrons. The van der Waals surface area contributed by atoms with E-state index in [0.717, 1.165) is 10.8 Å². The van der Waals surface area contributed by atoms with Gasteiger partial charge in [0.1, 0.15) is 0 Å². The van der Waals surface area contributed by atoms with Gasteiger partial charge >= 0.3 is 0 Å². The lowest BCUT2D eigenvalue weighted by Gasteiger charge is -2.51. The van der Waals surface area contributed by atoms with Gasteiger partial charge in [0.2, 0.25) is 0 Å². The molecule has 9 aliphatic rings. The molecule has 1 saturated heterocycles. The van der Waals surface area contributed by atoms with Gasteiger partial charge in [-0.15, -0.1) is 12.4 Å². The lowest BCUT2D eigenvalue weighted by Crippen LogP contribution is -2.51. The minimum atomic E-state index is 0. The third-order valence-electron chi connectivity index (χ3n) is 9.81. The number of hydrogen-bond acceptors (Lipinski definition) is 1. The molecule has 12 atom stereocenters. The van der Waals surface area contributed by atoms with Crippen LogP contribution in [0.25, 0.3) is 0 Å². The van der Waals surface area contributed by atoms with Crippen molar-refractivity contribution < 1.29 is 0 Å². The highest BCUT2D eigenvalue weighted by atomic mass is 35.5. The fourth-order valence-corrected chi connectivity index (χ4v) is 10.5. The van der Waals surface area contributed by atoms with Crippen LogP contribution in [0.1, 0.15) is 12.8 Å². The lowest BCUT2D eigenvalue weighted by atomic mass is 9.52. The molecule has 1 N–H and O–H groups in total. The summed E-state index contributed by atoms with van der Waals surface area (Å²) in [5.41, 5.74) is 1.76. The fraction of sp³-hybridized carbons (Fsp3) is 1.00. The molecule has 0 aromatic rings. The van der Waals surface area contributed by atoms with E-state index in [2.05, 4.69) is 5.32 Å². The molecule has 9 rings (SSSR count). The van der Waals surface area contributed by atoms with Crippen molar-refractivity contribution in [1.29, 1.82) is 0 Å². The fourth-order valence-electron chi connectivity index (χ4n) is 10.5. The Morgan fingerprint density at radius 3 is 1.44 bits per heavy atom. The largest absolute Gasteiger partial charge is 0.316 e.